The van der Waals surface area contributed by atoms with E-state index in [0.29, 0.717) is 11.9 Å². The molecule has 1 aliphatic carbocycles. The van der Waals surface area contributed by atoms with Gasteiger partial charge in [0.05, 0.1) is 0 Å². The number of likely N-dealkylation sites (tertiary alicyclic amines) is 1. The minimum Gasteiger partial charge on any atom is -0.465 e. The summed E-state index contributed by atoms with van der Waals surface area (Å²) >= 11 is 0. The van der Waals surface area contributed by atoms with Gasteiger partial charge in [-0.1, -0.05) is 0 Å². The molecule has 0 amide bonds. The quantitative estimate of drug-likeness (QED) is 0.729. The monoisotopic (exact) mass is 238 g/mol. The Bertz CT molecular complexity index is 275. The Kier molecular flexibility index (Phi) is 3.09. The van der Waals surface area contributed by atoms with Gasteiger partial charge in [0.2, 0.25) is 0 Å². The summed E-state index contributed by atoms with van der Waals surface area (Å²) in [5.41, 5.74) is 0.514. The van der Waals surface area contributed by atoms with Crippen LogP contribution in [0.25, 0.3) is 0 Å². The molecular weight excluding hydrogens is 216 g/mol. The first-order valence-corrected chi connectivity index (χ1v) is 6.82. The van der Waals surface area contributed by atoms with Crippen LogP contribution in [0.1, 0.15) is 25.7 Å². The van der Waals surface area contributed by atoms with Gasteiger partial charge in [-0.15, -0.1) is 0 Å². The van der Waals surface area contributed by atoms with Gasteiger partial charge in [-0.3, -0.25) is 4.79 Å². The van der Waals surface area contributed by atoms with Gasteiger partial charge >= 0.3 is 0 Å². The van der Waals surface area contributed by atoms with E-state index in [1.165, 1.54) is 45.6 Å². The van der Waals surface area contributed by atoms with Gasteiger partial charge in [0.15, 0.2) is 0 Å². The third-order valence-corrected chi connectivity index (χ3v) is 4.66. The van der Waals surface area contributed by atoms with E-state index in [0.717, 1.165) is 18.8 Å². The van der Waals surface area contributed by atoms with E-state index in [4.69, 9.17) is 4.74 Å². The largest absolute Gasteiger partial charge is 0.465 e. The third-order valence-electron chi connectivity index (χ3n) is 4.66. The molecule has 3 fully saturated rings. The summed E-state index contributed by atoms with van der Waals surface area (Å²) in [5, 5.41) is 3.41. The van der Waals surface area contributed by atoms with E-state index in [1.807, 2.05) is 0 Å². The molecule has 1 spiro atoms. The number of ether oxygens (including phenoxy) is 1. The maximum absolute atomic E-state index is 10.2. The average molecular weight is 238 g/mol. The van der Waals surface area contributed by atoms with Crippen LogP contribution >= 0.6 is 0 Å². The SMILES string of the molecule is O=COC1CC2(C1)CN(CC1CCNCC1)C2. The highest BCUT2D eigenvalue weighted by Crippen LogP contribution is 2.49. The molecule has 17 heavy (non-hydrogen) atoms. The third kappa shape index (κ3) is 2.33. The van der Waals surface area contributed by atoms with Crippen molar-refractivity contribution in [2.75, 3.05) is 32.7 Å². The van der Waals surface area contributed by atoms with Gasteiger partial charge in [0.25, 0.3) is 6.47 Å². The van der Waals surface area contributed by atoms with Crippen LogP contribution in [0.5, 0.6) is 0 Å². The number of nitrogens with one attached hydrogen (secondary N) is 1. The Morgan fingerprint density at radius 2 is 2.00 bits per heavy atom. The van der Waals surface area contributed by atoms with E-state index in [9.17, 15) is 4.79 Å². The smallest absolute Gasteiger partial charge is 0.293 e. The van der Waals surface area contributed by atoms with Crippen LogP contribution in [-0.4, -0.2) is 50.2 Å². The second-order valence-corrected chi connectivity index (χ2v) is 6.13. The lowest BCUT2D eigenvalue weighted by Gasteiger charge is -2.59. The van der Waals surface area contributed by atoms with Gasteiger partial charge in [-0.2, -0.15) is 0 Å². The first kappa shape index (κ1) is 11.5. The standard InChI is InChI=1S/C13H22N2O2/c16-10-17-12-5-13(6-12)8-15(9-13)7-11-1-3-14-4-2-11/h10-12,14H,1-9H2. The second-order valence-electron chi connectivity index (χ2n) is 6.13. The van der Waals surface area contributed by atoms with Crippen LogP contribution in [0.15, 0.2) is 0 Å². The van der Waals surface area contributed by atoms with Gasteiger partial charge in [-0.05, 0) is 44.7 Å². The summed E-state index contributed by atoms with van der Waals surface area (Å²) in [6.45, 7) is 6.73. The highest BCUT2D eigenvalue weighted by molar-refractivity contribution is 5.38. The van der Waals surface area contributed by atoms with Crippen molar-refractivity contribution in [3.8, 4) is 0 Å². The lowest BCUT2D eigenvalue weighted by molar-refractivity contribution is -0.165. The first-order chi connectivity index (χ1) is 8.30. The average Bonchev–Trinajstić information content (AvgIpc) is 2.25. The Balaban J connectivity index is 1.36. The van der Waals surface area contributed by atoms with Crippen molar-refractivity contribution >= 4 is 6.47 Å². The number of hydrogen-bond acceptors (Lipinski definition) is 4. The molecule has 0 aromatic rings. The highest BCUT2D eigenvalue weighted by Gasteiger charge is 2.53. The number of rotatable bonds is 4. The molecule has 0 radical (unpaired) electrons. The molecule has 0 unspecified atom stereocenters. The molecule has 0 aromatic carbocycles. The molecule has 96 valence electrons. The molecule has 1 saturated carbocycles. The molecular formula is C13H22N2O2. The van der Waals surface area contributed by atoms with Crippen molar-refractivity contribution in [3.63, 3.8) is 0 Å². The molecule has 3 aliphatic rings. The molecule has 2 saturated heterocycles. The summed E-state index contributed by atoms with van der Waals surface area (Å²) in [7, 11) is 0. The minimum atomic E-state index is 0.216. The zero-order chi connectivity index (χ0) is 11.7. The lowest BCUT2D eigenvalue weighted by Crippen LogP contribution is -2.64. The number of hydrogen-bond donors (Lipinski definition) is 1. The van der Waals surface area contributed by atoms with E-state index in [-0.39, 0.29) is 6.10 Å². The summed E-state index contributed by atoms with van der Waals surface area (Å²) in [6, 6.07) is 0. The fourth-order valence-electron chi connectivity index (χ4n) is 3.80. The van der Waals surface area contributed by atoms with Crippen molar-refractivity contribution in [2.45, 2.75) is 31.8 Å². The van der Waals surface area contributed by atoms with Crippen LogP contribution < -0.4 is 5.32 Å². The van der Waals surface area contributed by atoms with Crippen LogP contribution in [0, 0.1) is 11.3 Å². The summed E-state index contributed by atoms with van der Waals surface area (Å²) in [5.74, 6) is 0.899. The second kappa shape index (κ2) is 4.58. The molecule has 2 aliphatic heterocycles. The fraction of sp³-hybridized carbons (Fsp3) is 0.923. The zero-order valence-electron chi connectivity index (χ0n) is 10.4. The topological polar surface area (TPSA) is 41.6 Å². The van der Waals surface area contributed by atoms with E-state index in [2.05, 4.69) is 10.2 Å². The predicted molar refractivity (Wildman–Crippen MR) is 64.6 cm³/mol. The Labute approximate surface area is 103 Å². The summed E-state index contributed by atoms with van der Waals surface area (Å²) < 4.78 is 4.99. The summed E-state index contributed by atoms with van der Waals surface area (Å²) in [6.07, 6.45) is 5.07. The first-order valence-electron chi connectivity index (χ1n) is 6.82. The molecule has 1 N–H and O–H groups in total. The van der Waals surface area contributed by atoms with Gasteiger partial charge < -0.3 is 15.0 Å². The molecule has 2 heterocycles. The van der Waals surface area contributed by atoms with Crippen molar-refractivity contribution < 1.29 is 9.53 Å². The zero-order valence-corrected chi connectivity index (χ0v) is 10.4. The van der Waals surface area contributed by atoms with Crippen molar-refractivity contribution in [3.05, 3.63) is 0 Å². The fourth-order valence-corrected chi connectivity index (χ4v) is 3.80. The predicted octanol–water partition coefficient (Wildman–Crippen LogP) is 0.623. The molecule has 3 rings (SSSR count). The van der Waals surface area contributed by atoms with Crippen LogP contribution in [0.2, 0.25) is 0 Å². The lowest BCUT2D eigenvalue weighted by atomic mass is 9.61. The number of nitrogens with zero attached hydrogens (tertiary/aromatic N) is 1. The van der Waals surface area contributed by atoms with Crippen molar-refractivity contribution in [1.29, 1.82) is 0 Å². The van der Waals surface area contributed by atoms with Crippen LogP contribution in [0.4, 0.5) is 0 Å². The minimum absolute atomic E-state index is 0.216. The molecule has 0 atom stereocenters. The van der Waals surface area contributed by atoms with Gasteiger partial charge in [-0.25, -0.2) is 0 Å². The summed E-state index contributed by atoms with van der Waals surface area (Å²) in [4.78, 5) is 12.8. The van der Waals surface area contributed by atoms with Crippen LogP contribution in [0.3, 0.4) is 0 Å². The van der Waals surface area contributed by atoms with E-state index < -0.39 is 0 Å². The molecule has 4 nitrogen and oxygen atoms in total. The Hall–Kier alpha value is -0.610. The highest BCUT2D eigenvalue weighted by atomic mass is 16.5. The van der Waals surface area contributed by atoms with Gasteiger partial charge in [0.1, 0.15) is 6.10 Å². The van der Waals surface area contributed by atoms with Crippen molar-refractivity contribution in [2.24, 2.45) is 11.3 Å². The molecule has 0 bridgehead atoms. The van der Waals surface area contributed by atoms with Crippen LogP contribution in [-0.2, 0) is 9.53 Å². The van der Waals surface area contributed by atoms with E-state index in [1.54, 1.807) is 0 Å². The maximum Gasteiger partial charge on any atom is 0.293 e. The van der Waals surface area contributed by atoms with E-state index >= 15 is 0 Å². The maximum atomic E-state index is 10.2. The normalized spacial score (nSPS) is 29.6. The number of carbonyl (C=O) groups is 1. The Morgan fingerprint density at radius 1 is 1.29 bits per heavy atom. The number of carbonyl (C=O) groups excluding carboxylic acids is 1. The molecule has 0 aromatic heterocycles. The van der Waals surface area contributed by atoms with Crippen molar-refractivity contribution in [1.82, 2.24) is 10.2 Å². The van der Waals surface area contributed by atoms with Gasteiger partial charge in [0, 0.05) is 25.0 Å². The molecule has 4 heteroatoms. The number of piperidine rings is 1. The Morgan fingerprint density at radius 3 is 2.65 bits per heavy atom.